The number of methoxy groups -OCH3 is 1. The van der Waals surface area contributed by atoms with E-state index in [1.165, 1.54) is 10.6 Å². The molecule has 9 nitrogen and oxygen atoms in total. The molecule has 0 radical (unpaired) electrons. The fourth-order valence-corrected chi connectivity index (χ4v) is 6.34. The number of sulfonamides is 1. The van der Waals surface area contributed by atoms with Crippen LogP contribution in [0.4, 0.5) is 5.69 Å². The molecule has 2 aromatic carbocycles. The molecule has 5 rings (SSSR count). The summed E-state index contributed by atoms with van der Waals surface area (Å²) in [7, 11) is -1.70. The van der Waals surface area contributed by atoms with E-state index in [9.17, 15) is 18.5 Å². The lowest BCUT2D eigenvalue weighted by Gasteiger charge is -2.40. The summed E-state index contributed by atoms with van der Waals surface area (Å²) in [6, 6.07) is 18.1. The van der Waals surface area contributed by atoms with Crippen molar-refractivity contribution < 1.29 is 17.9 Å². The van der Waals surface area contributed by atoms with Crippen molar-refractivity contribution in [2.75, 3.05) is 57.5 Å². The van der Waals surface area contributed by atoms with E-state index in [2.05, 4.69) is 16.0 Å². The Morgan fingerprint density at radius 2 is 1.71 bits per heavy atom. The third-order valence-corrected chi connectivity index (χ3v) is 9.05. The molecule has 38 heavy (non-hydrogen) atoms. The van der Waals surface area contributed by atoms with Crippen LogP contribution in [0.25, 0.3) is 10.9 Å². The number of anilines is 1. The lowest BCUT2D eigenvalue weighted by Crippen LogP contribution is -2.50. The predicted octanol–water partition coefficient (Wildman–Crippen LogP) is 3.02. The summed E-state index contributed by atoms with van der Waals surface area (Å²) in [5.41, 5.74) is 2.45. The van der Waals surface area contributed by atoms with Crippen molar-refractivity contribution >= 4 is 32.5 Å². The summed E-state index contributed by atoms with van der Waals surface area (Å²) < 4.78 is 30.7. The number of piperazine rings is 1. The molecule has 198 valence electrons. The summed E-state index contributed by atoms with van der Waals surface area (Å²) in [6.45, 7) is 2.38. The second kappa shape index (κ2) is 10.2. The van der Waals surface area contributed by atoms with Gasteiger partial charge in [-0.15, -0.1) is 0 Å². The number of nitrogens with zero attached hydrogens (tertiary/aromatic N) is 5. The van der Waals surface area contributed by atoms with Crippen molar-refractivity contribution in [3.8, 4) is 11.8 Å². The molecule has 0 unspecified atom stereocenters. The number of aromatic nitrogens is 1. The number of nitriles is 1. The molecule has 2 aliphatic heterocycles. The van der Waals surface area contributed by atoms with Gasteiger partial charge in [-0.3, -0.25) is 9.78 Å². The molecule has 10 heteroatoms. The predicted molar refractivity (Wildman–Crippen MR) is 146 cm³/mol. The van der Waals surface area contributed by atoms with Crippen LogP contribution in [-0.4, -0.2) is 81.1 Å². The monoisotopic (exact) mass is 533 g/mol. The van der Waals surface area contributed by atoms with Crippen molar-refractivity contribution in [3.05, 3.63) is 65.9 Å². The van der Waals surface area contributed by atoms with Crippen molar-refractivity contribution in [2.24, 2.45) is 0 Å². The third kappa shape index (κ3) is 4.79. The number of ether oxygens (including phenoxy) is 1. The number of rotatable bonds is 5. The first-order chi connectivity index (χ1) is 18.3. The second-order valence-corrected chi connectivity index (χ2v) is 11.9. The van der Waals surface area contributed by atoms with Gasteiger partial charge >= 0.3 is 0 Å². The minimum absolute atomic E-state index is 0.168. The Kier molecular flexibility index (Phi) is 6.99. The van der Waals surface area contributed by atoms with Gasteiger partial charge < -0.3 is 14.5 Å². The highest BCUT2D eigenvalue weighted by Gasteiger charge is 2.38. The molecule has 3 heterocycles. The smallest absolute Gasteiger partial charge is 0.257 e. The Morgan fingerprint density at radius 1 is 1.03 bits per heavy atom. The van der Waals surface area contributed by atoms with E-state index >= 15 is 0 Å². The first kappa shape index (κ1) is 25.9. The normalized spacial score (nSPS) is 18.2. The van der Waals surface area contributed by atoms with E-state index in [4.69, 9.17) is 4.74 Å². The first-order valence-corrected chi connectivity index (χ1v) is 14.5. The lowest BCUT2D eigenvalue weighted by molar-refractivity contribution is 0.0698. The number of pyridine rings is 1. The number of carbonyl (C=O) groups excluding carboxylic acids is 1. The van der Waals surface area contributed by atoms with E-state index < -0.39 is 15.4 Å². The summed E-state index contributed by atoms with van der Waals surface area (Å²) >= 11 is 0. The Labute approximate surface area is 223 Å². The van der Waals surface area contributed by atoms with Crippen LogP contribution < -0.4 is 9.64 Å². The van der Waals surface area contributed by atoms with Gasteiger partial charge in [0.05, 0.1) is 41.6 Å². The first-order valence-electron chi connectivity index (χ1n) is 12.7. The highest BCUT2D eigenvalue weighted by Crippen LogP contribution is 2.40. The van der Waals surface area contributed by atoms with Crippen LogP contribution in [0.2, 0.25) is 0 Å². The molecule has 2 saturated heterocycles. The molecule has 1 amide bonds. The topological polar surface area (TPSA) is 107 Å². The third-order valence-electron chi connectivity index (χ3n) is 7.75. The van der Waals surface area contributed by atoms with E-state index in [1.807, 2.05) is 48.5 Å². The van der Waals surface area contributed by atoms with Gasteiger partial charge in [0.2, 0.25) is 10.0 Å². The van der Waals surface area contributed by atoms with Crippen LogP contribution in [0.3, 0.4) is 0 Å². The van der Waals surface area contributed by atoms with Gasteiger partial charge in [-0.1, -0.05) is 30.3 Å². The average molecular weight is 534 g/mol. The summed E-state index contributed by atoms with van der Waals surface area (Å²) in [5.74, 6) is 0.511. The van der Waals surface area contributed by atoms with E-state index in [0.717, 1.165) is 22.2 Å². The molecule has 3 aromatic rings. The van der Waals surface area contributed by atoms with Gasteiger partial charge in [-0.2, -0.15) is 9.57 Å². The van der Waals surface area contributed by atoms with Crippen LogP contribution >= 0.6 is 0 Å². The zero-order chi connectivity index (χ0) is 26.9. The molecule has 0 N–H and O–H groups in total. The average Bonchev–Trinajstić information content (AvgIpc) is 2.96. The van der Waals surface area contributed by atoms with E-state index in [1.54, 1.807) is 18.2 Å². The minimum atomic E-state index is -3.30. The Bertz CT molecular complexity index is 1490. The van der Waals surface area contributed by atoms with Crippen molar-refractivity contribution in [1.82, 2.24) is 14.2 Å². The lowest BCUT2D eigenvalue weighted by atomic mass is 9.74. The molecule has 2 aliphatic rings. The van der Waals surface area contributed by atoms with Gasteiger partial charge in [0, 0.05) is 56.9 Å². The number of benzene rings is 2. The van der Waals surface area contributed by atoms with E-state index in [-0.39, 0.29) is 19.0 Å². The number of hydrogen-bond acceptors (Lipinski definition) is 7. The summed E-state index contributed by atoms with van der Waals surface area (Å²) in [5, 5.41) is 11.0. The number of carbonyl (C=O) groups is 1. The fraction of sp³-hybridized carbons (Fsp3) is 0.393. The zero-order valence-corrected chi connectivity index (χ0v) is 22.4. The molecule has 0 spiro atoms. The van der Waals surface area contributed by atoms with Gasteiger partial charge in [-0.05, 0) is 30.5 Å². The van der Waals surface area contributed by atoms with Crippen LogP contribution in [0.15, 0.2) is 54.7 Å². The molecule has 1 aromatic heterocycles. The van der Waals surface area contributed by atoms with Crippen LogP contribution in [0, 0.1) is 11.3 Å². The quantitative estimate of drug-likeness (QED) is 0.496. The van der Waals surface area contributed by atoms with Crippen molar-refractivity contribution in [2.45, 2.75) is 18.3 Å². The van der Waals surface area contributed by atoms with Gasteiger partial charge in [0.15, 0.2) is 0 Å². The zero-order valence-electron chi connectivity index (χ0n) is 21.6. The molecular weight excluding hydrogens is 502 g/mol. The Balaban J connectivity index is 1.49. The van der Waals surface area contributed by atoms with Crippen molar-refractivity contribution in [1.29, 1.82) is 5.26 Å². The highest BCUT2D eigenvalue weighted by molar-refractivity contribution is 7.88. The minimum Gasteiger partial charge on any atom is -0.497 e. The Hall–Kier alpha value is -3.68. The van der Waals surface area contributed by atoms with Gasteiger partial charge in [-0.25, -0.2) is 8.42 Å². The fourth-order valence-electron chi connectivity index (χ4n) is 5.51. The largest absolute Gasteiger partial charge is 0.497 e. The maximum Gasteiger partial charge on any atom is 0.257 e. The van der Waals surface area contributed by atoms with Crippen LogP contribution in [-0.2, 0) is 15.4 Å². The van der Waals surface area contributed by atoms with Crippen LogP contribution in [0.1, 0.15) is 28.8 Å². The number of amides is 1. The summed E-state index contributed by atoms with van der Waals surface area (Å²) in [4.78, 5) is 22.3. The standard InChI is InChI=1S/C28H31N5O4S/c1-37-22-8-9-23-25(18-22)30-19-24(27(34)32-14-16-33(17-15-32)38(2,35)36)26(23)31-12-10-28(20-29,11-13-31)21-6-4-3-5-7-21/h3-9,18-19H,10-17H2,1-2H3. The SMILES string of the molecule is COc1ccc2c(N3CCC(C#N)(c4ccccc4)CC3)c(C(=O)N3CCN(S(C)(=O)=O)CC3)cnc2c1. The van der Waals surface area contributed by atoms with E-state index in [0.29, 0.717) is 50.3 Å². The summed E-state index contributed by atoms with van der Waals surface area (Å²) in [6.07, 6.45) is 4.07. The molecule has 0 bridgehead atoms. The van der Waals surface area contributed by atoms with Crippen molar-refractivity contribution in [3.63, 3.8) is 0 Å². The second-order valence-electron chi connectivity index (χ2n) is 9.90. The number of piperidine rings is 1. The highest BCUT2D eigenvalue weighted by atomic mass is 32.2. The maximum atomic E-state index is 13.8. The Morgan fingerprint density at radius 3 is 2.32 bits per heavy atom. The molecule has 0 saturated carbocycles. The molecular formula is C28H31N5O4S. The van der Waals surface area contributed by atoms with Crippen LogP contribution in [0.5, 0.6) is 5.75 Å². The molecule has 0 atom stereocenters. The van der Waals surface area contributed by atoms with Gasteiger partial charge in [0.1, 0.15) is 5.75 Å². The molecule has 0 aliphatic carbocycles. The molecule has 2 fully saturated rings. The number of hydrogen-bond donors (Lipinski definition) is 0. The van der Waals surface area contributed by atoms with Gasteiger partial charge in [0.25, 0.3) is 5.91 Å². The number of fused-ring (bicyclic) bond motifs is 1. The maximum absolute atomic E-state index is 13.8.